The number of rotatable bonds is 1. The van der Waals surface area contributed by atoms with Crippen molar-refractivity contribution in [3.8, 4) is 17.3 Å². The van der Waals surface area contributed by atoms with Crippen LogP contribution in [-0.2, 0) is 18.3 Å². The second kappa shape index (κ2) is 5.57. The maximum Gasteiger partial charge on any atom is 0.181 e. The van der Waals surface area contributed by atoms with Gasteiger partial charge in [-0.3, -0.25) is 4.98 Å². The highest BCUT2D eigenvalue weighted by Gasteiger charge is 2.28. The van der Waals surface area contributed by atoms with Gasteiger partial charge in [-0.25, -0.2) is 4.98 Å². The number of hydrogen-bond acceptors (Lipinski definition) is 4. The third-order valence-corrected chi connectivity index (χ3v) is 4.23. The second-order valence-corrected chi connectivity index (χ2v) is 6.93. The van der Waals surface area contributed by atoms with E-state index in [0.717, 1.165) is 48.3 Å². The first-order chi connectivity index (χ1) is 10.5. The lowest BCUT2D eigenvalue weighted by Gasteiger charge is -2.24. The van der Waals surface area contributed by atoms with Gasteiger partial charge in [0.1, 0.15) is 18.0 Å². The van der Waals surface area contributed by atoms with Gasteiger partial charge in [-0.15, -0.1) is 0 Å². The number of nitriles is 1. The molecule has 4 heteroatoms. The van der Waals surface area contributed by atoms with Crippen LogP contribution in [0.15, 0.2) is 17.1 Å². The molecule has 0 unspecified atom stereocenters. The minimum atomic E-state index is -0.176. The lowest BCUT2D eigenvalue weighted by molar-refractivity contribution is 0.557. The summed E-state index contributed by atoms with van der Waals surface area (Å²) in [4.78, 5) is 9.22. The van der Waals surface area contributed by atoms with Gasteiger partial charge in [0, 0.05) is 16.7 Å². The van der Waals surface area contributed by atoms with Crippen molar-refractivity contribution in [1.82, 2.24) is 9.97 Å². The van der Waals surface area contributed by atoms with Gasteiger partial charge in [0.05, 0.1) is 11.3 Å². The normalized spacial score (nSPS) is 15.0. The SMILES string of the molecule is CC(C)(C)c1nc2c(c(-c3cocn3)c1C#N)CCCCC2. The molecule has 22 heavy (non-hydrogen) atoms. The third kappa shape index (κ3) is 2.52. The fourth-order valence-electron chi connectivity index (χ4n) is 3.19. The summed E-state index contributed by atoms with van der Waals surface area (Å²) in [5, 5.41) is 9.78. The molecule has 0 radical (unpaired) electrons. The van der Waals surface area contributed by atoms with Crippen LogP contribution in [0.1, 0.15) is 62.5 Å². The van der Waals surface area contributed by atoms with Gasteiger partial charge in [0.15, 0.2) is 6.39 Å². The fourth-order valence-corrected chi connectivity index (χ4v) is 3.19. The average molecular weight is 295 g/mol. The number of aromatic nitrogens is 2. The Kier molecular flexibility index (Phi) is 3.74. The minimum absolute atomic E-state index is 0.176. The van der Waals surface area contributed by atoms with Crippen molar-refractivity contribution in [2.24, 2.45) is 0 Å². The zero-order valence-corrected chi connectivity index (χ0v) is 13.4. The molecular weight excluding hydrogens is 274 g/mol. The van der Waals surface area contributed by atoms with Crippen LogP contribution < -0.4 is 0 Å². The number of oxazole rings is 1. The maximum absolute atomic E-state index is 9.78. The first kappa shape index (κ1) is 14.8. The molecule has 0 aliphatic heterocycles. The summed E-state index contributed by atoms with van der Waals surface area (Å²) < 4.78 is 5.18. The molecule has 0 aromatic carbocycles. The topological polar surface area (TPSA) is 62.7 Å². The van der Waals surface area contributed by atoms with E-state index in [4.69, 9.17) is 9.40 Å². The monoisotopic (exact) mass is 295 g/mol. The number of fused-ring (bicyclic) bond motifs is 1. The Morgan fingerprint density at radius 1 is 1.18 bits per heavy atom. The van der Waals surface area contributed by atoms with Gasteiger partial charge in [-0.1, -0.05) is 27.2 Å². The summed E-state index contributed by atoms with van der Waals surface area (Å²) in [6.45, 7) is 6.31. The highest BCUT2D eigenvalue weighted by Crippen LogP contribution is 2.37. The van der Waals surface area contributed by atoms with Gasteiger partial charge in [-0.05, 0) is 31.2 Å². The molecule has 0 atom stereocenters. The van der Waals surface area contributed by atoms with E-state index in [1.54, 1.807) is 6.26 Å². The first-order valence-electron chi connectivity index (χ1n) is 7.87. The fraction of sp³-hybridized carbons (Fsp3) is 0.500. The van der Waals surface area contributed by atoms with Gasteiger partial charge < -0.3 is 4.42 Å². The van der Waals surface area contributed by atoms with E-state index in [-0.39, 0.29) is 5.41 Å². The number of pyridine rings is 1. The smallest absolute Gasteiger partial charge is 0.181 e. The molecule has 2 aromatic rings. The number of aryl methyl sites for hydroxylation is 1. The standard InChI is InChI=1S/C18H21N3O/c1-18(2,3)17-13(9-19)16(15-10-22-11-20-15)12-7-5-4-6-8-14(12)21-17/h10-11H,4-8H2,1-3H3. The molecule has 0 saturated heterocycles. The molecule has 0 spiro atoms. The summed E-state index contributed by atoms with van der Waals surface area (Å²) in [6, 6.07) is 2.39. The Hall–Kier alpha value is -2.15. The summed E-state index contributed by atoms with van der Waals surface area (Å²) in [7, 11) is 0. The molecule has 0 saturated carbocycles. The maximum atomic E-state index is 9.78. The molecule has 2 heterocycles. The van der Waals surface area contributed by atoms with Crippen molar-refractivity contribution in [1.29, 1.82) is 5.26 Å². The zero-order chi connectivity index (χ0) is 15.7. The molecule has 4 nitrogen and oxygen atoms in total. The quantitative estimate of drug-likeness (QED) is 0.740. The van der Waals surface area contributed by atoms with Crippen molar-refractivity contribution in [3.05, 3.63) is 35.2 Å². The Labute approximate surface area is 131 Å². The molecule has 0 N–H and O–H groups in total. The Morgan fingerprint density at radius 2 is 1.95 bits per heavy atom. The number of nitrogens with zero attached hydrogens (tertiary/aromatic N) is 3. The van der Waals surface area contributed by atoms with E-state index in [2.05, 4.69) is 31.8 Å². The zero-order valence-electron chi connectivity index (χ0n) is 13.4. The molecule has 1 aliphatic carbocycles. The van der Waals surface area contributed by atoms with Gasteiger partial charge in [0.2, 0.25) is 0 Å². The predicted octanol–water partition coefficient (Wildman–Crippen LogP) is 4.17. The molecule has 0 fully saturated rings. The molecule has 2 aromatic heterocycles. The lowest BCUT2D eigenvalue weighted by Crippen LogP contribution is -2.19. The largest absolute Gasteiger partial charge is 0.451 e. The van der Waals surface area contributed by atoms with Gasteiger partial charge in [-0.2, -0.15) is 5.26 Å². The van der Waals surface area contributed by atoms with Crippen LogP contribution in [0.3, 0.4) is 0 Å². The van der Waals surface area contributed by atoms with Crippen LogP contribution in [0, 0.1) is 11.3 Å². The molecule has 0 amide bonds. The molecule has 114 valence electrons. The van der Waals surface area contributed by atoms with Gasteiger partial charge in [0.25, 0.3) is 0 Å². The molecule has 3 rings (SSSR count). The van der Waals surface area contributed by atoms with Crippen molar-refractivity contribution < 1.29 is 4.42 Å². The first-order valence-corrected chi connectivity index (χ1v) is 7.87. The highest BCUT2D eigenvalue weighted by molar-refractivity contribution is 5.73. The van der Waals surface area contributed by atoms with E-state index in [9.17, 15) is 5.26 Å². The Morgan fingerprint density at radius 3 is 2.59 bits per heavy atom. The van der Waals surface area contributed by atoms with Crippen LogP contribution in [0.2, 0.25) is 0 Å². The van der Waals surface area contributed by atoms with Crippen LogP contribution in [-0.4, -0.2) is 9.97 Å². The summed E-state index contributed by atoms with van der Waals surface area (Å²) in [5.41, 5.74) is 5.37. The summed E-state index contributed by atoms with van der Waals surface area (Å²) >= 11 is 0. The van der Waals surface area contributed by atoms with Crippen LogP contribution in [0.5, 0.6) is 0 Å². The van der Waals surface area contributed by atoms with E-state index in [1.165, 1.54) is 18.4 Å². The van der Waals surface area contributed by atoms with E-state index >= 15 is 0 Å². The van der Waals surface area contributed by atoms with Crippen molar-refractivity contribution >= 4 is 0 Å². The van der Waals surface area contributed by atoms with Crippen LogP contribution in [0.4, 0.5) is 0 Å². The second-order valence-electron chi connectivity index (χ2n) is 6.93. The highest BCUT2D eigenvalue weighted by atomic mass is 16.3. The molecule has 1 aliphatic rings. The summed E-state index contributed by atoms with van der Waals surface area (Å²) in [6.07, 6.45) is 8.51. The van der Waals surface area contributed by atoms with E-state index < -0.39 is 0 Å². The van der Waals surface area contributed by atoms with Crippen molar-refractivity contribution in [2.45, 2.75) is 58.3 Å². The third-order valence-electron chi connectivity index (χ3n) is 4.23. The Bertz CT molecular complexity index is 718. The minimum Gasteiger partial charge on any atom is -0.451 e. The van der Waals surface area contributed by atoms with Crippen LogP contribution >= 0.6 is 0 Å². The molecular formula is C18H21N3O. The van der Waals surface area contributed by atoms with E-state index in [0.29, 0.717) is 5.56 Å². The van der Waals surface area contributed by atoms with E-state index in [1.807, 2.05) is 0 Å². The Balaban J connectivity index is 2.36. The lowest BCUT2D eigenvalue weighted by atomic mass is 9.84. The van der Waals surface area contributed by atoms with Crippen molar-refractivity contribution in [3.63, 3.8) is 0 Å². The summed E-state index contributed by atoms with van der Waals surface area (Å²) in [5.74, 6) is 0. The van der Waals surface area contributed by atoms with Gasteiger partial charge >= 0.3 is 0 Å². The predicted molar refractivity (Wildman–Crippen MR) is 84.4 cm³/mol. The average Bonchev–Trinajstić information content (AvgIpc) is 2.89. The number of hydrogen-bond donors (Lipinski definition) is 0. The van der Waals surface area contributed by atoms with Crippen molar-refractivity contribution in [2.75, 3.05) is 0 Å². The molecule has 0 bridgehead atoms. The van der Waals surface area contributed by atoms with Crippen LogP contribution in [0.25, 0.3) is 11.3 Å².